The first-order valence-electron chi connectivity index (χ1n) is 12.7. The summed E-state index contributed by atoms with van der Waals surface area (Å²) in [7, 11) is 1.87. The molecule has 1 saturated heterocycles. The first kappa shape index (κ1) is 20.8. The maximum Gasteiger partial charge on any atom is 0.246 e. The van der Waals surface area contributed by atoms with E-state index >= 15 is 0 Å². The van der Waals surface area contributed by atoms with Crippen molar-refractivity contribution in [1.29, 1.82) is 0 Å². The Hall–Kier alpha value is -2.57. The molecule has 2 aromatic rings. The van der Waals surface area contributed by atoms with Crippen molar-refractivity contribution in [2.45, 2.75) is 67.7 Å². The van der Waals surface area contributed by atoms with Gasteiger partial charge in [0.05, 0.1) is 23.3 Å². The third-order valence-electron chi connectivity index (χ3n) is 9.41. The summed E-state index contributed by atoms with van der Waals surface area (Å²) in [5.41, 5.74) is 1.27. The number of piperidine rings is 1. The minimum atomic E-state index is -0.825. The molecule has 0 unspecified atom stereocenters. The molecule has 6 heteroatoms. The Balaban J connectivity index is 1.26. The first-order chi connectivity index (χ1) is 16.5. The van der Waals surface area contributed by atoms with Crippen molar-refractivity contribution in [3.8, 4) is 5.75 Å². The molecular weight excluding hydrogens is 428 g/mol. The van der Waals surface area contributed by atoms with E-state index in [0.717, 1.165) is 44.0 Å². The second kappa shape index (κ2) is 7.22. The van der Waals surface area contributed by atoms with Gasteiger partial charge in [-0.05, 0) is 80.8 Å². The fourth-order valence-corrected chi connectivity index (χ4v) is 7.64. The summed E-state index contributed by atoms with van der Waals surface area (Å²) in [5, 5.41) is 12.5. The van der Waals surface area contributed by atoms with Crippen molar-refractivity contribution >= 4 is 12.0 Å². The lowest BCUT2D eigenvalue weighted by atomic mass is 9.48. The van der Waals surface area contributed by atoms with Gasteiger partial charge in [0, 0.05) is 31.3 Å². The van der Waals surface area contributed by atoms with Gasteiger partial charge in [-0.2, -0.15) is 0 Å². The Morgan fingerprint density at radius 1 is 1.24 bits per heavy atom. The first-order valence-corrected chi connectivity index (χ1v) is 12.7. The van der Waals surface area contributed by atoms with Gasteiger partial charge < -0.3 is 19.2 Å². The average Bonchev–Trinajstić information content (AvgIpc) is 3.35. The number of rotatable bonds is 5. The quantitative estimate of drug-likeness (QED) is 0.693. The van der Waals surface area contributed by atoms with E-state index in [1.807, 2.05) is 24.1 Å². The highest BCUT2D eigenvalue weighted by Gasteiger charge is 2.73. The zero-order chi connectivity index (χ0) is 23.1. The SMILES string of the molecule is CN(C(=O)/C=C/c1ccco1)[C@@H]1CC[C@@]2(O)[C@H]3Cc4cccc5c4[C@@]2(CCN3CC2CC2)[C@H]1O5. The van der Waals surface area contributed by atoms with Gasteiger partial charge in [-0.3, -0.25) is 9.69 Å². The summed E-state index contributed by atoms with van der Waals surface area (Å²) in [6, 6.07) is 10.0. The van der Waals surface area contributed by atoms with E-state index < -0.39 is 11.0 Å². The minimum Gasteiger partial charge on any atom is -0.487 e. The van der Waals surface area contributed by atoms with E-state index in [1.54, 1.807) is 18.4 Å². The van der Waals surface area contributed by atoms with Crippen LogP contribution in [-0.4, -0.2) is 64.7 Å². The number of carbonyl (C=O) groups excluding carboxylic acids is 1. The molecule has 34 heavy (non-hydrogen) atoms. The van der Waals surface area contributed by atoms with Crippen LogP contribution >= 0.6 is 0 Å². The van der Waals surface area contributed by atoms with Gasteiger partial charge in [0.25, 0.3) is 0 Å². The van der Waals surface area contributed by atoms with Crippen molar-refractivity contribution in [3.63, 3.8) is 0 Å². The van der Waals surface area contributed by atoms with Crippen LogP contribution in [0, 0.1) is 5.92 Å². The fourth-order valence-electron chi connectivity index (χ4n) is 7.64. The van der Waals surface area contributed by atoms with E-state index in [-0.39, 0.29) is 24.1 Å². The molecule has 2 bridgehead atoms. The molecule has 3 aliphatic carbocycles. The van der Waals surface area contributed by atoms with Gasteiger partial charge in [0.2, 0.25) is 5.91 Å². The molecule has 0 radical (unpaired) electrons. The van der Waals surface area contributed by atoms with Crippen LogP contribution in [0.5, 0.6) is 5.75 Å². The van der Waals surface area contributed by atoms with Crippen LogP contribution in [0.2, 0.25) is 0 Å². The van der Waals surface area contributed by atoms with Crippen molar-refractivity contribution in [3.05, 3.63) is 59.6 Å². The number of benzene rings is 1. The third kappa shape index (κ3) is 2.73. The minimum absolute atomic E-state index is 0.0680. The van der Waals surface area contributed by atoms with E-state index in [2.05, 4.69) is 23.1 Å². The van der Waals surface area contributed by atoms with Crippen LogP contribution in [0.1, 0.15) is 49.0 Å². The summed E-state index contributed by atoms with van der Waals surface area (Å²) >= 11 is 0. The molecule has 1 N–H and O–H groups in total. The average molecular weight is 461 g/mol. The second-order valence-electron chi connectivity index (χ2n) is 11.0. The van der Waals surface area contributed by atoms with Crippen LogP contribution in [-0.2, 0) is 16.6 Å². The summed E-state index contributed by atoms with van der Waals surface area (Å²) in [6.07, 6.45) is 10.5. The second-order valence-corrected chi connectivity index (χ2v) is 11.0. The zero-order valence-corrected chi connectivity index (χ0v) is 19.7. The molecule has 2 aliphatic heterocycles. The molecule has 1 amide bonds. The monoisotopic (exact) mass is 460 g/mol. The number of hydrogen-bond donors (Lipinski definition) is 1. The Morgan fingerprint density at radius 3 is 2.91 bits per heavy atom. The van der Waals surface area contributed by atoms with E-state index in [0.29, 0.717) is 12.2 Å². The van der Waals surface area contributed by atoms with Crippen molar-refractivity contribution in [1.82, 2.24) is 9.80 Å². The number of amides is 1. The van der Waals surface area contributed by atoms with Crippen molar-refractivity contribution in [2.75, 3.05) is 20.1 Å². The molecule has 3 heterocycles. The lowest BCUT2D eigenvalue weighted by molar-refractivity contribution is -0.200. The topological polar surface area (TPSA) is 66.2 Å². The Morgan fingerprint density at radius 2 is 2.12 bits per heavy atom. The van der Waals surface area contributed by atoms with Crippen molar-refractivity contribution < 1.29 is 19.1 Å². The molecule has 5 aliphatic rings. The Bertz CT molecular complexity index is 1160. The fraction of sp³-hybridized carbons (Fsp3) is 0.536. The van der Waals surface area contributed by atoms with Gasteiger partial charge >= 0.3 is 0 Å². The number of nitrogens with zero attached hydrogens (tertiary/aromatic N) is 2. The normalized spacial score (nSPS) is 35.8. The summed E-state index contributed by atoms with van der Waals surface area (Å²) in [4.78, 5) is 17.6. The smallest absolute Gasteiger partial charge is 0.246 e. The maximum absolute atomic E-state index is 13.2. The van der Waals surface area contributed by atoms with Gasteiger partial charge in [0.15, 0.2) is 0 Å². The van der Waals surface area contributed by atoms with Crippen LogP contribution in [0.4, 0.5) is 0 Å². The summed E-state index contributed by atoms with van der Waals surface area (Å²) in [5.74, 6) is 2.29. The third-order valence-corrected chi connectivity index (χ3v) is 9.41. The summed E-state index contributed by atoms with van der Waals surface area (Å²) in [6.45, 7) is 2.09. The lowest BCUT2D eigenvalue weighted by Gasteiger charge is -2.64. The van der Waals surface area contributed by atoms with Crippen LogP contribution in [0.3, 0.4) is 0 Å². The molecule has 7 rings (SSSR count). The highest BCUT2D eigenvalue weighted by Crippen LogP contribution is 2.64. The van der Waals surface area contributed by atoms with Gasteiger partial charge in [-0.1, -0.05) is 12.1 Å². The van der Waals surface area contributed by atoms with Gasteiger partial charge in [0.1, 0.15) is 17.6 Å². The highest BCUT2D eigenvalue weighted by molar-refractivity contribution is 5.91. The summed E-state index contributed by atoms with van der Waals surface area (Å²) < 4.78 is 12.0. The number of hydrogen-bond acceptors (Lipinski definition) is 5. The highest BCUT2D eigenvalue weighted by atomic mass is 16.5. The lowest BCUT2D eigenvalue weighted by Crippen LogP contribution is -2.78. The van der Waals surface area contributed by atoms with Crippen molar-refractivity contribution in [2.24, 2.45) is 5.92 Å². The molecule has 1 aromatic carbocycles. The number of ether oxygens (including phenoxy) is 1. The molecular formula is C28H32N2O4. The van der Waals surface area contributed by atoms with Crippen LogP contribution in [0.15, 0.2) is 47.1 Å². The standard InChI is InChI=1S/C28H32N2O4/c1-29(24(31)10-9-20-5-3-15-33-20)21-11-12-28(32)23-16-19-4-2-6-22-25(19)27(28,26(21)34-22)13-14-30(23)17-18-7-8-18/h2-6,9-10,15,18,21,23,26,32H,7-8,11-14,16-17H2,1H3/b10-9+/t21-,23-,26+,27+,28-/m1/s1. The number of likely N-dealkylation sites (N-methyl/N-ethyl adjacent to an activating group) is 1. The molecule has 6 nitrogen and oxygen atoms in total. The number of aliphatic hydroxyl groups is 1. The van der Waals surface area contributed by atoms with E-state index in [4.69, 9.17) is 9.15 Å². The molecule has 1 aromatic heterocycles. The van der Waals surface area contributed by atoms with Crippen LogP contribution in [0.25, 0.3) is 6.08 Å². The predicted molar refractivity (Wildman–Crippen MR) is 127 cm³/mol. The molecule has 3 fully saturated rings. The number of carbonyl (C=O) groups is 1. The molecule has 2 saturated carbocycles. The van der Waals surface area contributed by atoms with Gasteiger partial charge in [-0.25, -0.2) is 0 Å². The molecule has 5 atom stereocenters. The number of likely N-dealkylation sites (tertiary alicyclic amines) is 1. The molecule has 1 spiro atoms. The molecule has 178 valence electrons. The van der Waals surface area contributed by atoms with Crippen LogP contribution < -0.4 is 4.74 Å². The predicted octanol–water partition coefficient (Wildman–Crippen LogP) is 3.38. The Kier molecular flexibility index (Phi) is 4.41. The van der Waals surface area contributed by atoms with Gasteiger partial charge in [-0.15, -0.1) is 0 Å². The largest absolute Gasteiger partial charge is 0.487 e. The Labute approximate surface area is 200 Å². The van der Waals surface area contributed by atoms with E-state index in [1.165, 1.54) is 24.0 Å². The van der Waals surface area contributed by atoms with E-state index in [9.17, 15) is 9.90 Å². The number of furan rings is 1. The maximum atomic E-state index is 13.2. The zero-order valence-electron chi connectivity index (χ0n) is 19.7.